The van der Waals surface area contributed by atoms with Crippen molar-refractivity contribution in [1.29, 1.82) is 0 Å². The quantitative estimate of drug-likeness (QED) is 0.772. The van der Waals surface area contributed by atoms with Gasteiger partial charge in [-0.15, -0.1) is 0 Å². The zero-order valence-corrected chi connectivity index (χ0v) is 11.7. The molecule has 1 aliphatic rings. The molecule has 106 valence electrons. The van der Waals surface area contributed by atoms with Crippen LogP contribution in [0.2, 0.25) is 0 Å². The number of nitrogens with one attached hydrogen (secondary N) is 1. The fraction of sp³-hybridized carbons (Fsp3) is 0.538. The molecule has 1 saturated carbocycles. The first-order valence-electron chi connectivity index (χ1n) is 6.55. The molecular weight excluding hydrogens is 264 g/mol. The highest BCUT2D eigenvalue weighted by Crippen LogP contribution is 2.20. The summed E-state index contributed by atoms with van der Waals surface area (Å²) in [6.07, 6.45) is 4.75. The molecule has 0 saturated heterocycles. The van der Waals surface area contributed by atoms with E-state index in [1.807, 2.05) is 0 Å². The lowest BCUT2D eigenvalue weighted by Crippen LogP contribution is -2.32. The van der Waals surface area contributed by atoms with E-state index < -0.39 is 10.0 Å². The molecule has 2 rings (SSSR count). The summed E-state index contributed by atoms with van der Waals surface area (Å²) in [6.45, 7) is 0.423. The second-order valence-corrected chi connectivity index (χ2v) is 6.58. The van der Waals surface area contributed by atoms with Crippen molar-refractivity contribution >= 4 is 10.0 Å². The van der Waals surface area contributed by atoms with Crippen molar-refractivity contribution < 1.29 is 13.3 Å². The van der Waals surface area contributed by atoms with Crippen LogP contribution in [0.1, 0.15) is 31.2 Å². The minimum Gasteiger partial charge on any atom is -0.304 e. The van der Waals surface area contributed by atoms with Gasteiger partial charge in [0.05, 0.1) is 11.5 Å². The lowest BCUT2D eigenvalue weighted by molar-refractivity contribution is 0.141. The summed E-state index contributed by atoms with van der Waals surface area (Å²) < 4.78 is 27.1. The first-order valence-corrected chi connectivity index (χ1v) is 8.03. The summed E-state index contributed by atoms with van der Waals surface area (Å²) in [5.41, 5.74) is 1.00. The van der Waals surface area contributed by atoms with E-state index >= 15 is 0 Å². The van der Waals surface area contributed by atoms with E-state index in [4.69, 9.17) is 5.90 Å². The second-order valence-electron chi connectivity index (χ2n) is 4.87. The summed E-state index contributed by atoms with van der Waals surface area (Å²) in [7, 11) is -3.39. The van der Waals surface area contributed by atoms with Crippen LogP contribution < -0.4 is 10.6 Å². The predicted octanol–water partition coefficient (Wildman–Crippen LogP) is 1.34. The average molecular weight is 284 g/mol. The molecule has 0 amide bonds. The number of hydrogen-bond donors (Lipinski definition) is 2. The number of hydrogen-bond acceptors (Lipinski definition) is 4. The van der Waals surface area contributed by atoms with Crippen LogP contribution in [0.5, 0.6) is 0 Å². The molecule has 0 radical (unpaired) electrons. The summed E-state index contributed by atoms with van der Waals surface area (Å²) in [6, 6.07) is 6.94. The molecule has 1 aliphatic carbocycles. The largest absolute Gasteiger partial charge is 0.304 e. The van der Waals surface area contributed by atoms with Gasteiger partial charge < -0.3 is 4.84 Å². The van der Waals surface area contributed by atoms with Crippen LogP contribution in [0.4, 0.5) is 0 Å². The Balaban J connectivity index is 2.03. The van der Waals surface area contributed by atoms with Gasteiger partial charge in [-0.25, -0.2) is 19.0 Å². The molecule has 0 heterocycles. The molecular formula is C13H20N2O3S. The van der Waals surface area contributed by atoms with E-state index in [2.05, 4.69) is 9.56 Å². The topological polar surface area (TPSA) is 81.4 Å². The standard InChI is InChI=1S/C13H20N2O3S/c14-18-10-9-11-5-7-13(8-6-11)19(16,17)15-12-3-1-2-4-12/h5-8,12,15H,1-4,9-10,14H2. The normalized spacial score (nSPS) is 16.9. The van der Waals surface area contributed by atoms with Crippen molar-refractivity contribution in [3.63, 3.8) is 0 Å². The van der Waals surface area contributed by atoms with Gasteiger partial charge >= 0.3 is 0 Å². The number of nitrogens with two attached hydrogens (primary N) is 1. The Morgan fingerprint density at radius 2 is 1.84 bits per heavy atom. The van der Waals surface area contributed by atoms with Crippen molar-refractivity contribution in [2.24, 2.45) is 5.90 Å². The van der Waals surface area contributed by atoms with Crippen LogP contribution in [0, 0.1) is 0 Å². The molecule has 5 nitrogen and oxygen atoms in total. The molecule has 0 unspecified atom stereocenters. The van der Waals surface area contributed by atoms with Crippen LogP contribution in [0.25, 0.3) is 0 Å². The monoisotopic (exact) mass is 284 g/mol. The van der Waals surface area contributed by atoms with Gasteiger partial charge in [-0.1, -0.05) is 25.0 Å². The van der Waals surface area contributed by atoms with Crippen LogP contribution in [0.15, 0.2) is 29.2 Å². The maximum Gasteiger partial charge on any atom is 0.240 e. The van der Waals surface area contributed by atoms with E-state index in [0.29, 0.717) is 17.9 Å². The van der Waals surface area contributed by atoms with Gasteiger partial charge in [-0.05, 0) is 37.0 Å². The zero-order chi connectivity index (χ0) is 13.7. The Morgan fingerprint density at radius 1 is 1.21 bits per heavy atom. The van der Waals surface area contributed by atoms with Crippen molar-refractivity contribution in [3.05, 3.63) is 29.8 Å². The van der Waals surface area contributed by atoms with Crippen molar-refractivity contribution in [2.45, 2.75) is 43.0 Å². The SMILES string of the molecule is NOCCc1ccc(S(=O)(=O)NC2CCCC2)cc1. The molecule has 0 aliphatic heterocycles. The summed E-state index contributed by atoms with van der Waals surface area (Å²) in [5, 5.41) is 0. The number of benzene rings is 1. The van der Waals surface area contributed by atoms with E-state index in [0.717, 1.165) is 31.2 Å². The van der Waals surface area contributed by atoms with E-state index in [-0.39, 0.29) is 6.04 Å². The molecule has 1 aromatic carbocycles. The Labute approximate surface area is 114 Å². The van der Waals surface area contributed by atoms with Gasteiger partial charge in [0.2, 0.25) is 10.0 Å². The van der Waals surface area contributed by atoms with E-state index in [1.165, 1.54) is 0 Å². The maximum absolute atomic E-state index is 12.2. The van der Waals surface area contributed by atoms with Crippen molar-refractivity contribution in [3.8, 4) is 0 Å². The average Bonchev–Trinajstić information content (AvgIpc) is 2.89. The summed E-state index contributed by atoms with van der Waals surface area (Å²) in [5.74, 6) is 4.96. The Morgan fingerprint density at radius 3 is 2.42 bits per heavy atom. The van der Waals surface area contributed by atoms with Crippen molar-refractivity contribution in [1.82, 2.24) is 4.72 Å². The minimum absolute atomic E-state index is 0.0929. The third-order valence-electron chi connectivity index (χ3n) is 3.42. The molecule has 19 heavy (non-hydrogen) atoms. The third kappa shape index (κ3) is 4.01. The second kappa shape index (κ2) is 6.47. The predicted molar refractivity (Wildman–Crippen MR) is 72.9 cm³/mol. The highest BCUT2D eigenvalue weighted by molar-refractivity contribution is 7.89. The minimum atomic E-state index is -3.39. The molecule has 0 bridgehead atoms. The first-order chi connectivity index (χ1) is 9.12. The highest BCUT2D eigenvalue weighted by atomic mass is 32.2. The molecule has 0 spiro atoms. The number of sulfonamides is 1. The van der Waals surface area contributed by atoms with Gasteiger partial charge in [-0.3, -0.25) is 0 Å². The van der Waals surface area contributed by atoms with Crippen molar-refractivity contribution in [2.75, 3.05) is 6.61 Å². The van der Waals surface area contributed by atoms with E-state index in [1.54, 1.807) is 24.3 Å². The van der Waals surface area contributed by atoms with Crippen LogP contribution in [0.3, 0.4) is 0 Å². The fourth-order valence-electron chi connectivity index (χ4n) is 2.34. The number of rotatable bonds is 6. The highest BCUT2D eigenvalue weighted by Gasteiger charge is 2.22. The fourth-order valence-corrected chi connectivity index (χ4v) is 3.65. The van der Waals surface area contributed by atoms with Gasteiger partial charge in [-0.2, -0.15) is 0 Å². The summed E-state index contributed by atoms with van der Waals surface area (Å²) in [4.78, 5) is 4.82. The van der Waals surface area contributed by atoms with Gasteiger partial charge in [0, 0.05) is 6.04 Å². The summed E-state index contributed by atoms with van der Waals surface area (Å²) >= 11 is 0. The van der Waals surface area contributed by atoms with Crippen LogP contribution in [-0.2, 0) is 21.3 Å². The molecule has 1 aromatic rings. The van der Waals surface area contributed by atoms with Crippen LogP contribution in [-0.4, -0.2) is 21.1 Å². The Bertz CT molecular complexity index is 493. The molecule has 0 aromatic heterocycles. The first kappa shape index (κ1) is 14.5. The smallest absolute Gasteiger partial charge is 0.240 e. The molecule has 3 N–H and O–H groups in total. The van der Waals surface area contributed by atoms with Crippen LogP contribution >= 0.6 is 0 Å². The van der Waals surface area contributed by atoms with Gasteiger partial charge in [0.15, 0.2) is 0 Å². The Hall–Kier alpha value is -0.950. The van der Waals surface area contributed by atoms with Gasteiger partial charge in [0.1, 0.15) is 0 Å². The maximum atomic E-state index is 12.2. The molecule has 0 atom stereocenters. The lowest BCUT2D eigenvalue weighted by atomic mass is 10.2. The lowest BCUT2D eigenvalue weighted by Gasteiger charge is -2.12. The third-order valence-corrected chi connectivity index (χ3v) is 4.96. The Kier molecular flexibility index (Phi) is 4.93. The van der Waals surface area contributed by atoms with Gasteiger partial charge in [0.25, 0.3) is 0 Å². The van der Waals surface area contributed by atoms with E-state index in [9.17, 15) is 8.42 Å². The molecule has 6 heteroatoms. The molecule has 1 fully saturated rings. The zero-order valence-electron chi connectivity index (χ0n) is 10.8.